The van der Waals surface area contributed by atoms with Gasteiger partial charge in [0, 0.05) is 7.11 Å². The maximum atomic E-state index is 6.53. The fourth-order valence-electron chi connectivity index (χ4n) is 3.11. The molecule has 3 nitrogen and oxygen atoms in total. The van der Waals surface area contributed by atoms with Crippen molar-refractivity contribution in [1.29, 1.82) is 0 Å². The molecule has 1 aromatic rings. The number of benzene rings is 1. The summed E-state index contributed by atoms with van der Waals surface area (Å²) in [7, 11) is 3.48. The minimum absolute atomic E-state index is 0.0919. The fourth-order valence-corrected chi connectivity index (χ4v) is 3.11. The van der Waals surface area contributed by atoms with Gasteiger partial charge in [0.15, 0.2) is 0 Å². The number of methoxy groups -OCH3 is 2. The van der Waals surface area contributed by atoms with Gasteiger partial charge in [-0.1, -0.05) is 37.8 Å². The summed E-state index contributed by atoms with van der Waals surface area (Å²) in [6.07, 6.45) is 7.06. The smallest absolute Gasteiger partial charge is 0.119 e. The summed E-state index contributed by atoms with van der Waals surface area (Å²) in [4.78, 5) is 0. The Labute approximate surface area is 116 Å². The number of hydrogen-bond acceptors (Lipinski definition) is 3. The Morgan fingerprint density at radius 1 is 1.11 bits per heavy atom. The van der Waals surface area contributed by atoms with Gasteiger partial charge in [-0.15, -0.1) is 0 Å². The minimum Gasteiger partial charge on any atom is -0.497 e. The summed E-state index contributed by atoms with van der Waals surface area (Å²) < 4.78 is 11.2. The van der Waals surface area contributed by atoms with Gasteiger partial charge in [0.05, 0.1) is 18.8 Å². The van der Waals surface area contributed by atoms with Crippen LogP contribution in [-0.4, -0.2) is 19.8 Å². The summed E-state index contributed by atoms with van der Waals surface area (Å²) >= 11 is 0. The van der Waals surface area contributed by atoms with Crippen LogP contribution in [0.15, 0.2) is 24.3 Å². The molecule has 0 spiro atoms. The normalized spacial score (nSPS) is 20.6. The topological polar surface area (TPSA) is 44.5 Å². The summed E-state index contributed by atoms with van der Waals surface area (Å²) in [5, 5.41) is 0. The Hall–Kier alpha value is -1.06. The molecule has 2 N–H and O–H groups in total. The van der Waals surface area contributed by atoms with Crippen molar-refractivity contribution in [3.63, 3.8) is 0 Å². The van der Waals surface area contributed by atoms with E-state index in [0.717, 1.165) is 24.2 Å². The summed E-state index contributed by atoms with van der Waals surface area (Å²) in [5.41, 5.74) is 7.41. The van der Waals surface area contributed by atoms with Crippen molar-refractivity contribution >= 4 is 0 Å². The van der Waals surface area contributed by atoms with E-state index in [2.05, 4.69) is 6.07 Å². The molecule has 0 radical (unpaired) electrons. The summed E-state index contributed by atoms with van der Waals surface area (Å²) in [5.74, 6) is 0.854. The monoisotopic (exact) mass is 263 g/mol. The van der Waals surface area contributed by atoms with E-state index in [9.17, 15) is 0 Å². The van der Waals surface area contributed by atoms with Crippen LogP contribution in [-0.2, 0) is 4.74 Å². The molecule has 0 bridgehead atoms. The quantitative estimate of drug-likeness (QED) is 0.846. The number of rotatable bonds is 4. The third-order valence-corrected chi connectivity index (χ3v) is 4.38. The third kappa shape index (κ3) is 3.10. The molecule has 1 aliphatic rings. The van der Waals surface area contributed by atoms with Gasteiger partial charge in [-0.2, -0.15) is 0 Å². The lowest BCUT2D eigenvalue weighted by molar-refractivity contribution is -0.0442. The summed E-state index contributed by atoms with van der Waals surface area (Å²) in [6.45, 7) is 0. The van der Waals surface area contributed by atoms with E-state index < -0.39 is 0 Å². The van der Waals surface area contributed by atoms with Crippen LogP contribution in [0.3, 0.4) is 0 Å². The third-order valence-electron chi connectivity index (χ3n) is 4.38. The molecule has 106 valence electrons. The molecule has 0 amide bonds. The Kier molecular flexibility index (Phi) is 4.83. The molecular weight excluding hydrogens is 238 g/mol. The first-order valence-corrected chi connectivity index (χ1v) is 7.16. The van der Waals surface area contributed by atoms with Crippen LogP contribution in [0.1, 0.15) is 50.1 Å². The van der Waals surface area contributed by atoms with Gasteiger partial charge >= 0.3 is 0 Å². The summed E-state index contributed by atoms with van der Waals surface area (Å²) in [6, 6.07) is 7.94. The van der Waals surface area contributed by atoms with Crippen LogP contribution in [0.2, 0.25) is 0 Å². The lowest BCUT2D eigenvalue weighted by Crippen LogP contribution is -2.42. The van der Waals surface area contributed by atoms with Gasteiger partial charge in [-0.25, -0.2) is 0 Å². The first kappa shape index (κ1) is 14.4. The highest BCUT2D eigenvalue weighted by molar-refractivity contribution is 5.32. The van der Waals surface area contributed by atoms with E-state index >= 15 is 0 Å². The van der Waals surface area contributed by atoms with Crippen LogP contribution in [0.5, 0.6) is 5.75 Å². The molecular formula is C16H25NO2. The van der Waals surface area contributed by atoms with E-state index in [-0.39, 0.29) is 11.6 Å². The van der Waals surface area contributed by atoms with Gasteiger partial charge < -0.3 is 15.2 Å². The molecule has 1 aliphatic carbocycles. The second-order valence-electron chi connectivity index (χ2n) is 5.44. The lowest BCUT2D eigenvalue weighted by atomic mass is 9.82. The zero-order chi connectivity index (χ0) is 13.7. The maximum absolute atomic E-state index is 6.53. The minimum atomic E-state index is -0.219. The van der Waals surface area contributed by atoms with Crippen molar-refractivity contribution < 1.29 is 9.47 Å². The van der Waals surface area contributed by atoms with Crippen LogP contribution in [0.4, 0.5) is 0 Å². The first-order valence-electron chi connectivity index (χ1n) is 7.16. The van der Waals surface area contributed by atoms with Crippen molar-refractivity contribution in [2.24, 2.45) is 5.73 Å². The molecule has 1 unspecified atom stereocenters. The molecule has 0 aliphatic heterocycles. The Morgan fingerprint density at radius 2 is 1.79 bits per heavy atom. The lowest BCUT2D eigenvalue weighted by Gasteiger charge is -2.37. The van der Waals surface area contributed by atoms with Gasteiger partial charge in [0.1, 0.15) is 5.75 Å². The number of ether oxygens (including phenoxy) is 2. The zero-order valence-electron chi connectivity index (χ0n) is 12.0. The van der Waals surface area contributed by atoms with E-state index in [4.69, 9.17) is 15.2 Å². The number of hydrogen-bond donors (Lipinski definition) is 1. The predicted molar refractivity (Wildman–Crippen MR) is 77.4 cm³/mol. The van der Waals surface area contributed by atoms with E-state index in [1.807, 2.05) is 18.2 Å². The molecule has 0 heterocycles. The number of nitrogens with two attached hydrogens (primary N) is 1. The Morgan fingerprint density at radius 3 is 2.37 bits per heavy atom. The highest BCUT2D eigenvalue weighted by Crippen LogP contribution is 2.39. The molecule has 1 atom stereocenters. The average molecular weight is 263 g/mol. The molecule has 2 rings (SSSR count). The Bertz CT molecular complexity index is 397. The molecule has 1 saturated carbocycles. The molecule has 1 aromatic carbocycles. The predicted octanol–water partition coefficient (Wildman–Crippen LogP) is 3.43. The highest BCUT2D eigenvalue weighted by atomic mass is 16.5. The molecule has 0 aromatic heterocycles. The standard InChI is InChI=1S/C16H25NO2/c1-18-14-9-7-8-13(12-14)15(17)16(19-2)10-5-3-4-6-11-16/h7-9,12,15H,3-6,10-11,17H2,1-2H3. The zero-order valence-corrected chi connectivity index (χ0v) is 12.0. The SMILES string of the molecule is COc1cccc(C(N)C2(OC)CCCCCC2)c1. The van der Waals surface area contributed by atoms with Crippen molar-refractivity contribution in [3.05, 3.63) is 29.8 Å². The van der Waals surface area contributed by atoms with Crippen molar-refractivity contribution in [1.82, 2.24) is 0 Å². The average Bonchev–Trinajstić information content (AvgIpc) is 2.73. The second kappa shape index (κ2) is 6.40. The molecule has 19 heavy (non-hydrogen) atoms. The second-order valence-corrected chi connectivity index (χ2v) is 5.44. The van der Waals surface area contributed by atoms with E-state index in [0.29, 0.717) is 0 Å². The maximum Gasteiger partial charge on any atom is 0.119 e. The molecule has 3 heteroatoms. The van der Waals surface area contributed by atoms with Crippen molar-refractivity contribution in [3.8, 4) is 5.75 Å². The highest BCUT2D eigenvalue weighted by Gasteiger charge is 2.38. The fraction of sp³-hybridized carbons (Fsp3) is 0.625. The van der Waals surface area contributed by atoms with Gasteiger partial charge in [0.2, 0.25) is 0 Å². The Balaban J connectivity index is 2.25. The first-order chi connectivity index (χ1) is 9.22. The van der Waals surface area contributed by atoms with Crippen LogP contribution in [0, 0.1) is 0 Å². The molecule has 0 saturated heterocycles. The van der Waals surface area contributed by atoms with Gasteiger partial charge in [-0.3, -0.25) is 0 Å². The van der Waals surface area contributed by atoms with Crippen molar-refractivity contribution in [2.75, 3.05) is 14.2 Å². The van der Waals surface area contributed by atoms with Crippen LogP contribution < -0.4 is 10.5 Å². The van der Waals surface area contributed by atoms with E-state index in [1.54, 1.807) is 14.2 Å². The van der Waals surface area contributed by atoms with E-state index in [1.165, 1.54) is 25.7 Å². The van der Waals surface area contributed by atoms with Gasteiger partial charge in [-0.05, 0) is 30.5 Å². The van der Waals surface area contributed by atoms with Crippen molar-refractivity contribution in [2.45, 2.75) is 50.2 Å². The molecule has 1 fully saturated rings. The largest absolute Gasteiger partial charge is 0.497 e. The van der Waals surface area contributed by atoms with Crippen LogP contribution >= 0.6 is 0 Å². The van der Waals surface area contributed by atoms with Crippen LogP contribution in [0.25, 0.3) is 0 Å². The van der Waals surface area contributed by atoms with Gasteiger partial charge in [0.25, 0.3) is 0 Å².